The fourth-order valence-electron chi connectivity index (χ4n) is 4.48. The highest BCUT2D eigenvalue weighted by Gasteiger charge is 2.29. The van der Waals surface area contributed by atoms with Gasteiger partial charge >= 0.3 is 5.97 Å². The number of hydrogen-bond donors (Lipinski definition) is 2. The second-order valence-electron chi connectivity index (χ2n) is 8.59. The first-order chi connectivity index (χ1) is 15.4. The quantitative estimate of drug-likeness (QED) is 0.584. The maximum atomic E-state index is 13.0. The van der Waals surface area contributed by atoms with Crippen molar-refractivity contribution in [2.45, 2.75) is 40.0 Å². The summed E-state index contributed by atoms with van der Waals surface area (Å²) in [5.74, 6) is -0.146. The molecule has 2 aliphatic rings. The van der Waals surface area contributed by atoms with Crippen molar-refractivity contribution in [3.05, 3.63) is 22.5 Å². The van der Waals surface area contributed by atoms with Crippen LogP contribution in [0.2, 0.25) is 0 Å². The Balaban J connectivity index is 1.44. The summed E-state index contributed by atoms with van der Waals surface area (Å²) in [6, 6.07) is 0. The van der Waals surface area contributed by atoms with Gasteiger partial charge in [-0.3, -0.25) is 14.5 Å². The number of nitrogens with one attached hydrogen (secondary N) is 2. The number of nitrogens with zero attached hydrogens (tertiary/aromatic N) is 2. The topological polar surface area (TPSA) is 104 Å². The van der Waals surface area contributed by atoms with Gasteiger partial charge in [0.25, 0.3) is 5.91 Å². The summed E-state index contributed by atoms with van der Waals surface area (Å²) < 4.78 is 10.4. The van der Waals surface area contributed by atoms with Crippen molar-refractivity contribution in [2.24, 2.45) is 5.92 Å². The number of rotatable bonds is 8. The van der Waals surface area contributed by atoms with Gasteiger partial charge in [-0.1, -0.05) is 0 Å². The van der Waals surface area contributed by atoms with Gasteiger partial charge in [0.05, 0.1) is 25.4 Å². The summed E-state index contributed by atoms with van der Waals surface area (Å²) in [7, 11) is 0. The van der Waals surface area contributed by atoms with E-state index in [0.717, 1.165) is 45.7 Å². The van der Waals surface area contributed by atoms with Crippen molar-refractivity contribution in [2.75, 3.05) is 59.1 Å². The Morgan fingerprint density at radius 2 is 1.81 bits per heavy atom. The van der Waals surface area contributed by atoms with E-state index in [1.807, 2.05) is 0 Å². The van der Waals surface area contributed by atoms with Crippen molar-refractivity contribution < 1.29 is 23.9 Å². The third-order valence-electron chi connectivity index (χ3n) is 6.36. The molecule has 32 heavy (non-hydrogen) atoms. The van der Waals surface area contributed by atoms with Gasteiger partial charge in [0.2, 0.25) is 5.91 Å². The van der Waals surface area contributed by atoms with E-state index in [2.05, 4.69) is 15.2 Å². The third kappa shape index (κ3) is 6.10. The summed E-state index contributed by atoms with van der Waals surface area (Å²) in [6.45, 7) is 11.7. The van der Waals surface area contributed by atoms with Crippen molar-refractivity contribution in [3.8, 4) is 0 Å². The standard InChI is InChI=1S/C23H36N4O5/c1-4-32-23(30)20-16(2)21(25-17(20)3)22(29)27-8-5-18(6-9-27)15-19(28)24-7-10-26-11-13-31-14-12-26/h18,25H,4-15H2,1-3H3,(H,24,28). The van der Waals surface area contributed by atoms with Crippen molar-refractivity contribution >= 4 is 17.8 Å². The first kappa shape index (κ1) is 24.3. The van der Waals surface area contributed by atoms with Crippen LogP contribution < -0.4 is 5.32 Å². The third-order valence-corrected chi connectivity index (χ3v) is 6.36. The van der Waals surface area contributed by atoms with E-state index in [0.29, 0.717) is 55.2 Å². The number of aromatic amines is 1. The normalized spacial score (nSPS) is 17.9. The summed E-state index contributed by atoms with van der Waals surface area (Å²) in [4.78, 5) is 44.7. The number of aryl methyl sites for hydroxylation is 1. The van der Waals surface area contributed by atoms with E-state index >= 15 is 0 Å². The molecule has 0 spiro atoms. The Morgan fingerprint density at radius 1 is 1.12 bits per heavy atom. The molecule has 3 rings (SSSR count). The van der Waals surface area contributed by atoms with E-state index in [4.69, 9.17) is 9.47 Å². The van der Waals surface area contributed by atoms with Crippen LogP contribution in [0.5, 0.6) is 0 Å². The highest BCUT2D eigenvalue weighted by atomic mass is 16.5. The van der Waals surface area contributed by atoms with E-state index in [1.54, 1.807) is 25.7 Å². The molecule has 2 amide bonds. The molecular formula is C23H36N4O5. The van der Waals surface area contributed by atoms with Gasteiger partial charge in [0, 0.05) is 51.4 Å². The molecule has 2 aliphatic heterocycles. The molecule has 0 bridgehead atoms. The molecule has 2 N–H and O–H groups in total. The molecule has 0 aromatic carbocycles. The number of carbonyl (C=O) groups excluding carboxylic acids is 3. The van der Waals surface area contributed by atoms with Crippen LogP contribution in [-0.2, 0) is 14.3 Å². The molecule has 1 aromatic rings. The summed E-state index contributed by atoms with van der Waals surface area (Å²) in [6.07, 6.45) is 2.09. The van der Waals surface area contributed by atoms with Gasteiger partial charge in [0.1, 0.15) is 5.69 Å². The Labute approximate surface area is 189 Å². The van der Waals surface area contributed by atoms with Gasteiger partial charge in [-0.2, -0.15) is 0 Å². The van der Waals surface area contributed by atoms with Crippen molar-refractivity contribution in [3.63, 3.8) is 0 Å². The van der Waals surface area contributed by atoms with Gasteiger partial charge in [-0.05, 0) is 45.1 Å². The minimum absolute atomic E-state index is 0.0814. The lowest BCUT2D eigenvalue weighted by atomic mass is 9.93. The van der Waals surface area contributed by atoms with Crippen LogP contribution in [0.25, 0.3) is 0 Å². The number of hydrogen-bond acceptors (Lipinski definition) is 6. The number of H-pyrrole nitrogens is 1. The zero-order chi connectivity index (χ0) is 23.1. The van der Waals surface area contributed by atoms with Crippen LogP contribution in [-0.4, -0.2) is 91.7 Å². The van der Waals surface area contributed by atoms with Crippen molar-refractivity contribution in [1.29, 1.82) is 0 Å². The van der Waals surface area contributed by atoms with Crippen LogP contribution in [0.1, 0.15) is 58.3 Å². The van der Waals surface area contributed by atoms with Crippen molar-refractivity contribution in [1.82, 2.24) is 20.1 Å². The number of amides is 2. The van der Waals surface area contributed by atoms with Crippen LogP contribution in [0.15, 0.2) is 0 Å². The molecule has 3 heterocycles. The smallest absolute Gasteiger partial charge is 0.340 e. The number of piperidine rings is 1. The number of morpholine rings is 1. The monoisotopic (exact) mass is 448 g/mol. The van der Waals surface area contributed by atoms with Gasteiger partial charge < -0.3 is 24.7 Å². The molecule has 178 valence electrons. The summed E-state index contributed by atoms with van der Waals surface area (Å²) in [5, 5.41) is 3.02. The SMILES string of the molecule is CCOC(=O)c1c(C)[nH]c(C(=O)N2CCC(CC(=O)NCCN3CCOCC3)CC2)c1C. The van der Waals surface area contributed by atoms with Crippen LogP contribution in [0, 0.1) is 19.8 Å². The van der Waals surface area contributed by atoms with Gasteiger partial charge in [0.15, 0.2) is 0 Å². The second kappa shape index (κ2) is 11.5. The molecule has 0 radical (unpaired) electrons. The van der Waals surface area contributed by atoms with E-state index in [1.165, 1.54) is 0 Å². The van der Waals surface area contributed by atoms with E-state index < -0.39 is 5.97 Å². The Kier molecular flexibility index (Phi) is 8.69. The molecule has 9 heteroatoms. The van der Waals surface area contributed by atoms with Gasteiger partial charge in [-0.25, -0.2) is 4.79 Å². The minimum Gasteiger partial charge on any atom is -0.462 e. The molecule has 0 saturated carbocycles. The number of esters is 1. The summed E-state index contributed by atoms with van der Waals surface area (Å²) in [5.41, 5.74) is 2.17. The molecule has 0 atom stereocenters. The zero-order valence-electron chi connectivity index (χ0n) is 19.5. The maximum Gasteiger partial charge on any atom is 0.340 e. The second-order valence-corrected chi connectivity index (χ2v) is 8.59. The fraction of sp³-hybridized carbons (Fsp3) is 0.696. The predicted molar refractivity (Wildman–Crippen MR) is 120 cm³/mol. The number of carbonyl (C=O) groups is 3. The zero-order valence-corrected chi connectivity index (χ0v) is 19.5. The average Bonchev–Trinajstić information content (AvgIpc) is 3.08. The van der Waals surface area contributed by atoms with Crippen LogP contribution >= 0.6 is 0 Å². The lowest BCUT2D eigenvalue weighted by molar-refractivity contribution is -0.122. The van der Waals surface area contributed by atoms with Gasteiger partial charge in [-0.15, -0.1) is 0 Å². The summed E-state index contributed by atoms with van der Waals surface area (Å²) >= 11 is 0. The van der Waals surface area contributed by atoms with Crippen LogP contribution in [0.3, 0.4) is 0 Å². The molecule has 0 aliphatic carbocycles. The Hall–Kier alpha value is -2.39. The highest BCUT2D eigenvalue weighted by molar-refractivity contribution is 6.00. The average molecular weight is 449 g/mol. The lowest BCUT2D eigenvalue weighted by Gasteiger charge is -2.32. The molecule has 1 aromatic heterocycles. The molecule has 9 nitrogen and oxygen atoms in total. The van der Waals surface area contributed by atoms with E-state index in [9.17, 15) is 14.4 Å². The highest BCUT2D eigenvalue weighted by Crippen LogP contribution is 2.25. The Morgan fingerprint density at radius 3 is 2.47 bits per heavy atom. The number of likely N-dealkylation sites (tertiary alicyclic amines) is 1. The molecular weight excluding hydrogens is 412 g/mol. The van der Waals surface area contributed by atoms with E-state index in [-0.39, 0.29) is 17.7 Å². The largest absolute Gasteiger partial charge is 0.462 e. The molecule has 2 saturated heterocycles. The fourth-order valence-corrected chi connectivity index (χ4v) is 4.48. The first-order valence-corrected chi connectivity index (χ1v) is 11.6. The molecule has 0 unspecified atom stereocenters. The predicted octanol–water partition coefficient (Wildman–Crippen LogP) is 1.50. The number of aromatic nitrogens is 1. The minimum atomic E-state index is -0.406. The van der Waals surface area contributed by atoms with Crippen LogP contribution in [0.4, 0.5) is 0 Å². The molecule has 2 fully saturated rings. The Bertz CT molecular complexity index is 808. The number of ether oxygens (including phenoxy) is 2. The lowest BCUT2D eigenvalue weighted by Crippen LogP contribution is -2.42. The maximum absolute atomic E-state index is 13.0. The first-order valence-electron chi connectivity index (χ1n) is 11.6.